The number of carbonyl (C=O) groups excluding carboxylic acids is 1. The molecule has 0 fully saturated rings. The number of benzene rings is 1. The number of halogens is 1. The molecule has 0 aliphatic carbocycles. The first-order valence-electron chi connectivity index (χ1n) is 4.97. The summed E-state index contributed by atoms with van der Waals surface area (Å²) in [5.41, 5.74) is 5.92. The number of anilines is 1. The fourth-order valence-corrected chi connectivity index (χ4v) is 1.45. The molecule has 1 aromatic rings. The maximum absolute atomic E-state index is 11.5. The van der Waals surface area contributed by atoms with Gasteiger partial charge in [0.1, 0.15) is 11.5 Å². The van der Waals surface area contributed by atoms with E-state index in [0.717, 1.165) is 0 Å². The SMILES string of the molecule is COc1cc(OC)c(NC(=O)[C@@H](C)N)cc1Cl. The van der Waals surface area contributed by atoms with Crippen LogP contribution < -0.4 is 20.5 Å². The predicted molar refractivity (Wildman–Crippen MR) is 66.8 cm³/mol. The molecule has 0 aliphatic rings. The second-order valence-corrected chi connectivity index (χ2v) is 3.87. The lowest BCUT2D eigenvalue weighted by atomic mass is 10.2. The molecule has 1 amide bonds. The Hall–Kier alpha value is -1.46. The minimum Gasteiger partial charge on any atom is -0.495 e. The van der Waals surface area contributed by atoms with Crippen molar-refractivity contribution in [3.8, 4) is 11.5 Å². The number of rotatable bonds is 4. The fraction of sp³-hybridized carbons (Fsp3) is 0.364. The minimum absolute atomic E-state index is 0.315. The van der Waals surface area contributed by atoms with Crippen molar-refractivity contribution in [3.63, 3.8) is 0 Å². The maximum Gasteiger partial charge on any atom is 0.241 e. The van der Waals surface area contributed by atoms with Crippen LogP contribution in [0.15, 0.2) is 12.1 Å². The molecule has 1 atom stereocenters. The van der Waals surface area contributed by atoms with Crippen LogP contribution in [0.5, 0.6) is 11.5 Å². The molecule has 0 aromatic heterocycles. The van der Waals surface area contributed by atoms with Crippen LogP contribution in [-0.2, 0) is 4.79 Å². The van der Waals surface area contributed by atoms with Gasteiger partial charge in [0.2, 0.25) is 5.91 Å². The van der Waals surface area contributed by atoms with Gasteiger partial charge in [-0.15, -0.1) is 0 Å². The topological polar surface area (TPSA) is 73.6 Å². The van der Waals surface area contributed by atoms with Gasteiger partial charge in [-0.3, -0.25) is 4.79 Å². The van der Waals surface area contributed by atoms with Crippen molar-refractivity contribution in [2.24, 2.45) is 5.73 Å². The fourth-order valence-electron chi connectivity index (χ4n) is 1.20. The lowest BCUT2D eigenvalue weighted by molar-refractivity contribution is -0.117. The molecule has 1 aromatic carbocycles. The number of nitrogens with two attached hydrogens (primary N) is 1. The Balaban J connectivity index is 3.06. The Bertz CT molecular complexity index is 421. The first kappa shape index (κ1) is 13.6. The van der Waals surface area contributed by atoms with Gasteiger partial charge in [-0.05, 0) is 13.0 Å². The van der Waals surface area contributed by atoms with Crippen molar-refractivity contribution in [2.75, 3.05) is 19.5 Å². The molecule has 0 saturated heterocycles. The van der Waals surface area contributed by atoms with Gasteiger partial charge in [0.05, 0.1) is 31.0 Å². The van der Waals surface area contributed by atoms with Crippen LogP contribution in [-0.4, -0.2) is 26.2 Å². The highest BCUT2D eigenvalue weighted by molar-refractivity contribution is 6.32. The Kier molecular flexibility index (Phi) is 4.60. The first-order chi connectivity index (χ1) is 7.99. The zero-order chi connectivity index (χ0) is 13.0. The lowest BCUT2D eigenvalue weighted by Gasteiger charge is -2.14. The second-order valence-electron chi connectivity index (χ2n) is 3.46. The van der Waals surface area contributed by atoms with E-state index in [1.165, 1.54) is 14.2 Å². The molecule has 17 heavy (non-hydrogen) atoms. The number of ether oxygens (including phenoxy) is 2. The van der Waals surface area contributed by atoms with Crippen molar-refractivity contribution in [3.05, 3.63) is 17.2 Å². The smallest absolute Gasteiger partial charge is 0.241 e. The van der Waals surface area contributed by atoms with Gasteiger partial charge in [-0.25, -0.2) is 0 Å². The molecule has 0 unspecified atom stereocenters. The Morgan fingerprint density at radius 3 is 2.41 bits per heavy atom. The normalized spacial score (nSPS) is 11.8. The second kappa shape index (κ2) is 5.75. The third-order valence-electron chi connectivity index (χ3n) is 2.15. The summed E-state index contributed by atoms with van der Waals surface area (Å²) in [6.07, 6.45) is 0. The highest BCUT2D eigenvalue weighted by Gasteiger charge is 2.14. The summed E-state index contributed by atoms with van der Waals surface area (Å²) in [5, 5.41) is 3.01. The highest BCUT2D eigenvalue weighted by atomic mass is 35.5. The summed E-state index contributed by atoms with van der Waals surface area (Å²) in [4.78, 5) is 11.5. The van der Waals surface area contributed by atoms with Crippen LogP contribution in [0, 0.1) is 0 Å². The van der Waals surface area contributed by atoms with Crippen molar-refractivity contribution in [1.82, 2.24) is 0 Å². The number of amides is 1. The van der Waals surface area contributed by atoms with Crippen LogP contribution in [0.25, 0.3) is 0 Å². The van der Waals surface area contributed by atoms with Crippen LogP contribution >= 0.6 is 11.6 Å². The van der Waals surface area contributed by atoms with E-state index >= 15 is 0 Å². The Labute approximate surface area is 105 Å². The summed E-state index contributed by atoms with van der Waals surface area (Å²) < 4.78 is 10.2. The number of nitrogens with one attached hydrogen (secondary N) is 1. The third-order valence-corrected chi connectivity index (χ3v) is 2.44. The van der Waals surface area contributed by atoms with Crippen LogP contribution in [0.2, 0.25) is 5.02 Å². The maximum atomic E-state index is 11.5. The van der Waals surface area contributed by atoms with E-state index in [4.69, 9.17) is 26.8 Å². The van der Waals surface area contributed by atoms with Gasteiger partial charge in [-0.2, -0.15) is 0 Å². The summed E-state index contributed by atoms with van der Waals surface area (Å²) in [5.74, 6) is 0.618. The molecule has 0 heterocycles. The number of carbonyl (C=O) groups is 1. The molecule has 3 N–H and O–H groups in total. The highest BCUT2D eigenvalue weighted by Crippen LogP contribution is 2.35. The van der Waals surface area contributed by atoms with Crippen LogP contribution in [0.1, 0.15) is 6.92 Å². The average Bonchev–Trinajstić information content (AvgIpc) is 2.29. The predicted octanol–water partition coefficient (Wildman–Crippen LogP) is 1.64. The van der Waals surface area contributed by atoms with Crippen molar-refractivity contribution in [1.29, 1.82) is 0 Å². The summed E-state index contributed by atoms with van der Waals surface area (Å²) in [6.45, 7) is 1.59. The molecule has 94 valence electrons. The van der Waals surface area contributed by atoms with Gasteiger partial charge in [-0.1, -0.05) is 11.6 Å². The van der Waals surface area contributed by atoms with Gasteiger partial charge in [0, 0.05) is 6.07 Å². The van der Waals surface area contributed by atoms with E-state index in [1.807, 2.05) is 0 Å². The Morgan fingerprint density at radius 2 is 1.94 bits per heavy atom. The van der Waals surface area contributed by atoms with Crippen molar-refractivity contribution in [2.45, 2.75) is 13.0 Å². The van der Waals surface area contributed by atoms with Crippen LogP contribution in [0.3, 0.4) is 0 Å². The minimum atomic E-state index is -0.611. The molecule has 5 nitrogen and oxygen atoms in total. The molecule has 6 heteroatoms. The van der Waals surface area contributed by atoms with Gasteiger partial charge >= 0.3 is 0 Å². The van der Waals surface area contributed by atoms with E-state index < -0.39 is 6.04 Å². The summed E-state index contributed by atoms with van der Waals surface area (Å²) in [6, 6.07) is 2.54. The van der Waals surface area contributed by atoms with E-state index in [1.54, 1.807) is 19.1 Å². The molecule has 0 bridgehead atoms. The van der Waals surface area contributed by atoms with Gasteiger partial charge < -0.3 is 20.5 Å². The summed E-state index contributed by atoms with van der Waals surface area (Å²) in [7, 11) is 2.99. The standard InChI is InChI=1S/C11H15ClN2O3/c1-6(13)11(15)14-8-4-7(12)9(16-2)5-10(8)17-3/h4-6H,13H2,1-3H3,(H,14,15)/t6-/m1/s1. The number of hydrogen-bond donors (Lipinski definition) is 2. The monoisotopic (exact) mass is 258 g/mol. The molecule has 0 radical (unpaired) electrons. The third kappa shape index (κ3) is 3.25. The Morgan fingerprint density at radius 1 is 1.35 bits per heavy atom. The average molecular weight is 259 g/mol. The number of hydrogen-bond acceptors (Lipinski definition) is 4. The number of methoxy groups -OCH3 is 2. The van der Waals surface area contributed by atoms with E-state index in [0.29, 0.717) is 22.2 Å². The molecule has 1 rings (SSSR count). The summed E-state index contributed by atoms with van der Waals surface area (Å²) >= 11 is 5.96. The molecular formula is C11H15ClN2O3. The molecule has 0 aliphatic heterocycles. The lowest BCUT2D eigenvalue weighted by Crippen LogP contribution is -2.32. The van der Waals surface area contributed by atoms with Crippen LogP contribution in [0.4, 0.5) is 5.69 Å². The van der Waals surface area contributed by atoms with Gasteiger partial charge in [0.25, 0.3) is 0 Å². The molecular weight excluding hydrogens is 244 g/mol. The zero-order valence-electron chi connectivity index (χ0n) is 9.91. The zero-order valence-corrected chi connectivity index (χ0v) is 10.7. The van der Waals surface area contributed by atoms with E-state index in [2.05, 4.69) is 5.32 Å². The van der Waals surface area contributed by atoms with E-state index in [-0.39, 0.29) is 5.91 Å². The first-order valence-corrected chi connectivity index (χ1v) is 5.35. The molecule has 0 spiro atoms. The quantitative estimate of drug-likeness (QED) is 0.861. The van der Waals surface area contributed by atoms with Crippen molar-refractivity contribution >= 4 is 23.2 Å². The largest absolute Gasteiger partial charge is 0.495 e. The van der Waals surface area contributed by atoms with Crippen molar-refractivity contribution < 1.29 is 14.3 Å². The van der Waals surface area contributed by atoms with E-state index in [9.17, 15) is 4.79 Å². The van der Waals surface area contributed by atoms with Gasteiger partial charge in [0.15, 0.2) is 0 Å². The molecule has 0 saturated carbocycles.